The standard InChI is InChI=1S/C10H12ClN3O2/c11-4-3-8(15)10(16)7-6-12-9-2-1-5-13-14(7)9/h1-2,5-6,8,10,15-16H,3-4H2. The first kappa shape index (κ1) is 11.3. The smallest absolute Gasteiger partial charge is 0.153 e. The normalized spacial score (nSPS) is 15.2. The first-order chi connectivity index (χ1) is 7.74. The minimum absolute atomic E-state index is 0.294. The Bertz CT molecular complexity index is 474. The van der Waals surface area contributed by atoms with Gasteiger partial charge in [-0.05, 0) is 18.6 Å². The second-order valence-electron chi connectivity index (χ2n) is 3.47. The summed E-state index contributed by atoms with van der Waals surface area (Å²) < 4.78 is 1.50. The summed E-state index contributed by atoms with van der Waals surface area (Å²) in [5, 5.41) is 23.6. The molecule has 0 saturated carbocycles. The van der Waals surface area contributed by atoms with Crippen molar-refractivity contribution in [3.8, 4) is 0 Å². The molecule has 0 aliphatic carbocycles. The van der Waals surface area contributed by atoms with E-state index in [1.54, 1.807) is 18.3 Å². The number of halogens is 1. The van der Waals surface area contributed by atoms with Crippen molar-refractivity contribution < 1.29 is 10.2 Å². The number of aliphatic hydroxyl groups excluding tert-OH is 2. The van der Waals surface area contributed by atoms with E-state index in [-0.39, 0.29) is 0 Å². The molecule has 0 aliphatic heterocycles. The largest absolute Gasteiger partial charge is 0.390 e. The summed E-state index contributed by atoms with van der Waals surface area (Å²) in [5.41, 5.74) is 1.10. The van der Waals surface area contributed by atoms with Gasteiger partial charge < -0.3 is 10.2 Å². The first-order valence-electron chi connectivity index (χ1n) is 4.95. The van der Waals surface area contributed by atoms with E-state index in [4.69, 9.17) is 11.6 Å². The number of nitrogens with zero attached hydrogens (tertiary/aromatic N) is 3. The Hall–Kier alpha value is -1.17. The molecule has 2 rings (SSSR count). The van der Waals surface area contributed by atoms with Gasteiger partial charge in [-0.15, -0.1) is 11.6 Å². The topological polar surface area (TPSA) is 70.7 Å². The highest BCUT2D eigenvalue weighted by Gasteiger charge is 2.21. The van der Waals surface area contributed by atoms with Crippen LogP contribution in [0, 0.1) is 0 Å². The Morgan fingerprint density at radius 2 is 2.25 bits per heavy atom. The molecule has 2 unspecified atom stereocenters. The minimum Gasteiger partial charge on any atom is -0.390 e. The van der Waals surface area contributed by atoms with Crippen LogP contribution in [0.2, 0.25) is 0 Å². The maximum Gasteiger partial charge on any atom is 0.153 e. The van der Waals surface area contributed by atoms with Gasteiger partial charge in [-0.1, -0.05) is 0 Å². The van der Waals surface area contributed by atoms with Crippen LogP contribution in [0.25, 0.3) is 5.65 Å². The zero-order valence-electron chi connectivity index (χ0n) is 8.49. The lowest BCUT2D eigenvalue weighted by Gasteiger charge is -2.15. The number of imidazole rings is 1. The fourth-order valence-corrected chi connectivity index (χ4v) is 1.74. The Labute approximate surface area is 97.3 Å². The fourth-order valence-electron chi connectivity index (χ4n) is 1.52. The van der Waals surface area contributed by atoms with E-state index < -0.39 is 12.2 Å². The monoisotopic (exact) mass is 241 g/mol. The van der Waals surface area contributed by atoms with Crippen molar-refractivity contribution in [2.75, 3.05) is 5.88 Å². The Kier molecular flexibility index (Phi) is 3.38. The average Bonchev–Trinajstić information content (AvgIpc) is 2.72. The van der Waals surface area contributed by atoms with Gasteiger partial charge in [-0.25, -0.2) is 9.50 Å². The van der Waals surface area contributed by atoms with Gasteiger partial charge in [0.2, 0.25) is 0 Å². The van der Waals surface area contributed by atoms with Gasteiger partial charge in [0.1, 0.15) is 6.10 Å². The van der Waals surface area contributed by atoms with Gasteiger partial charge in [0.25, 0.3) is 0 Å². The molecule has 2 aromatic heterocycles. The highest BCUT2D eigenvalue weighted by Crippen LogP contribution is 2.19. The van der Waals surface area contributed by atoms with Gasteiger partial charge in [0.15, 0.2) is 5.65 Å². The molecular formula is C10H12ClN3O2. The maximum absolute atomic E-state index is 9.90. The molecule has 0 bridgehead atoms. The third-order valence-electron chi connectivity index (χ3n) is 2.38. The third-order valence-corrected chi connectivity index (χ3v) is 2.59. The molecule has 6 heteroatoms. The molecule has 0 amide bonds. The molecule has 0 fully saturated rings. The number of hydrogen-bond acceptors (Lipinski definition) is 4. The molecular weight excluding hydrogens is 230 g/mol. The highest BCUT2D eigenvalue weighted by atomic mass is 35.5. The van der Waals surface area contributed by atoms with Crippen LogP contribution in [-0.2, 0) is 0 Å². The van der Waals surface area contributed by atoms with Crippen LogP contribution in [-0.4, -0.2) is 36.8 Å². The van der Waals surface area contributed by atoms with E-state index in [9.17, 15) is 10.2 Å². The lowest BCUT2D eigenvalue weighted by atomic mass is 10.1. The molecule has 0 saturated heterocycles. The van der Waals surface area contributed by atoms with E-state index in [1.165, 1.54) is 10.7 Å². The molecule has 2 heterocycles. The van der Waals surface area contributed by atoms with Crippen molar-refractivity contribution in [3.63, 3.8) is 0 Å². The zero-order chi connectivity index (χ0) is 11.5. The summed E-state index contributed by atoms with van der Waals surface area (Å²) in [4.78, 5) is 4.08. The van der Waals surface area contributed by atoms with E-state index in [0.717, 1.165) is 0 Å². The Balaban J connectivity index is 2.32. The number of rotatable bonds is 4. The molecule has 2 N–H and O–H groups in total. The van der Waals surface area contributed by atoms with E-state index in [1.807, 2.05) is 0 Å². The van der Waals surface area contributed by atoms with Crippen molar-refractivity contribution in [1.82, 2.24) is 14.6 Å². The number of hydrogen-bond donors (Lipinski definition) is 2. The Morgan fingerprint density at radius 3 is 3.00 bits per heavy atom. The van der Waals surface area contributed by atoms with Crippen LogP contribution in [0.4, 0.5) is 0 Å². The molecule has 0 aromatic carbocycles. The number of aliphatic hydroxyl groups is 2. The molecule has 5 nitrogen and oxygen atoms in total. The summed E-state index contributed by atoms with van der Waals surface area (Å²) >= 11 is 5.51. The molecule has 2 atom stereocenters. The summed E-state index contributed by atoms with van der Waals surface area (Å²) in [6.07, 6.45) is 1.49. The highest BCUT2D eigenvalue weighted by molar-refractivity contribution is 6.17. The first-order valence-corrected chi connectivity index (χ1v) is 5.48. The SMILES string of the molecule is OC(CCCl)C(O)c1cnc2cccnn12. The summed E-state index contributed by atoms with van der Waals surface area (Å²) in [6, 6.07) is 3.53. The van der Waals surface area contributed by atoms with Crippen molar-refractivity contribution >= 4 is 17.2 Å². The predicted octanol–water partition coefficient (Wildman–Crippen LogP) is 0.752. The van der Waals surface area contributed by atoms with Crippen molar-refractivity contribution in [3.05, 3.63) is 30.2 Å². The summed E-state index contributed by atoms with van der Waals surface area (Å²) in [6.45, 7) is 0. The fraction of sp³-hybridized carbons (Fsp3) is 0.400. The van der Waals surface area contributed by atoms with Crippen molar-refractivity contribution in [1.29, 1.82) is 0 Å². The van der Waals surface area contributed by atoms with Crippen molar-refractivity contribution in [2.24, 2.45) is 0 Å². The molecule has 0 aliphatic rings. The van der Waals surface area contributed by atoms with Gasteiger partial charge in [-0.2, -0.15) is 5.10 Å². The van der Waals surface area contributed by atoms with Crippen LogP contribution < -0.4 is 0 Å². The zero-order valence-corrected chi connectivity index (χ0v) is 9.25. The average molecular weight is 242 g/mol. The molecule has 86 valence electrons. The van der Waals surface area contributed by atoms with E-state index in [0.29, 0.717) is 23.6 Å². The summed E-state index contributed by atoms with van der Waals surface area (Å²) in [7, 11) is 0. The quantitative estimate of drug-likeness (QED) is 0.775. The van der Waals surface area contributed by atoms with Gasteiger partial charge >= 0.3 is 0 Å². The maximum atomic E-state index is 9.90. The minimum atomic E-state index is -1.02. The predicted molar refractivity (Wildman–Crippen MR) is 59.3 cm³/mol. The second-order valence-corrected chi connectivity index (χ2v) is 3.84. The Morgan fingerprint density at radius 1 is 1.44 bits per heavy atom. The molecule has 2 aromatic rings. The van der Waals surface area contributed by atoms with Crippen LogP contribution in [0.15, 0.2) is 24.5 Å². The lowest BCUT2D eigenvalue weighted by molar-refractivity contribution is 0.0134. The third kappa shape index (κ3) is 2.02. The van der Waals surface area contributed by atoms with Crippen molar-refractivity contribution in [2.45, 2.75) is 18.6 Å². The van der Waals surface area contributed by atoms with Crippen LogP contribution in [0.1, 0.15) is 18.2 Å². The number of alkyl halides is 1. The van der Waals surface area contributed by atoms with Gasteiger partial charge in [0.05, 0.1) is 18.0 Å². The van der Waals surface area contributed by atoms with Crippen LogP contribution in [0.5, 0.6) is 0 Å². The van der Waals surface area contributed by atoms with E-state index in [2.05, 4.69) is 10.1 Å². The number of aromatic nitrogens is 3. The number of fused-ring (bicyclic) bond motifs is 1. The van der Waals surface area contributed by atoms with Crippen LogP contribution in [0.3, 0.4) is 0 Å². The molecule has 16 heavy (non-hydrogen) atoms. The van der Waals surface area contributed by atoms with Crippen LogP contribution >= 0.6 is 11.6 Å². The van der Waals surface area contributed by atoms with Gasteiger partial charge in [-0.3, -0.25) is 0 Å². The second kappa shape index (κ2) is 4.78. The summed E-state index contributed by atoms with van der Waals surface area (Å²) in [5.74, 6) is 0.294. The molecule has 0 radical (unpaired) electrons. The lowest BCUT2D eigenvalue weighted by Crippen LogP contribution is -2.20. The molecule has 0 spiro atoms. The van der Waals surface area contributed by atoms with E-state index >= 15 is 0 Å². The van der Waals surface area contributed by atoms with Gasteiger partial charge in [0, 0.05) is 12.1 Å².